The van der Waals surface area contributed by atoms with Crippen LogP contribution in [0, 0.1) is 0 Å². The zero-order valence-corrected chi connectivity index (χ0v) is 34.9. The highest BCUT2D eigenvalue weighted by atomic mass is 16.3. The monoisotopic (exact) mass is 816 g/mol. The minimum Gasteiger partial charge on any atom is -0.455 e. The Bertz CT molecular complexity index is 3620. The molecule has 0 unspecified atom stereocenters. The zero-order chi connectivity index (χ0) is 42.2. The van der Waals surface area contributed by atoms with Gasteiger partial charge in [-0.05, 0) is 94.0 Å². The van der Waals surface area contributed by atoms with Gasteiger partial charge in [0, 0.05) is 49.7 Å². The Hall–Kier alpha value is -8.40. The maximum absolute atomic E-state index is 6.51. The third-order valence-corrected chi connectivity index (χ3v) is 13.5. The fourth-order valence-electron chi connectivity index (χ4n) is 10.8. The second-order valence-electron chi connectivity index (χ2n) is 16.8. The summed E-state index contributed by atoms with van der Waals surface area (Å²) in [6, 6.07) is 88.2. The van der Waals surface area contributed by atoms with Gasteiger partial charge >= 0.3 is 0 Å². The number of hydrogen-bond acceptors (Lipinski definition) is 2. The molecule has 2 heterocycles. The zero-order valence-electron chi connectivity index (χ0n) is 34.9. The lowest BCUT2D eigenvalue weighted by atomic mass is 9.68. The summed E-state index contributed by atoms with van der Waals surface area (Å²) in [5, 5.41) is 4.76. The highest BCUT2D eigenvalue weighted by molar-refractivity contribution is 6.10. The average molecular weight is 817 g/mol. The Labute approximate surface area is 371 Å². The topological polar surface area (TPSA) is 21.3 Å². The van der Waals surface area contributed by atoms with E-state index in [1.54, 1.807) is 0 Å². The molecule has 0 radical (unpaired) electrons. The number of para-hydroxylation sites is 4. The molecule has 0 saturated heterocycles. The van der Waals surface area contributed by atoms with Gasteiger partial charge in [0.05, 0.1) is 22.1 Å². The maximum atomic E-state index is 6.51. The fourth-order valence-corrected chi connectivity index (χ4v) is 10.8. The van der Waals surface area contributed by atoms with Gasteiger partial charge in [0.2, 0.25) is 0 Å². The van der Waals surface area contributed by atoms with Gasteiger partial charge in [0.1, 0.15) is 11.2 Å². The summed E-state index contributed by atoms with van der Waals surface area (Å²) in [5.74, 6) is 0. The summed E-state index contributed by atoms with van der Waals surface area (Å²) in [7, 11) is 0. The van der Waals surface area contributed by atoms with Crippen LogP contribution in [0.4, 0.5) is 17.1 Å². The number of furan rings is 1. The lowest BCUT2D eigenvalue weighted by Gasteiger charge is -2.34. The number of anilines is 3. The van der Waals surface area contributed by atoms with E-state index in [9.17, 15) is 0 Å². The molecule has 10 aromatic carbocycles. The van der Waals surface area contributed by atoms with Crippen molar-refractivity contribution in [3.05, 3.63) is 265 Å². The Morgan fingerprint density at radius 1 is 0.375 bits per heavy atom. The van der Waals surface area contributed by atoms with E-state index >= 15 is 0 Å². The molecule has 0 saturated carbocycles. The fraction of sp³-hybridized carbons (Fsp3) is 0.0164. The number of hydrogen-bond donors (Lipinski definition) is 0. The summed E-state index contributed by atoms with van der Waals surface area (Å²) in [6.07, 6.45) is 0. The van der Waals surface area contributed by atoms with Crippen molar-refractivity contribution < 1.29 is 4.42 Å². The Morgan fingerprint density at radius 3 is 1.58 bits per heavy atom. The molecule has 0 N–H and O–H groups in total. The van der Waals surface area contributed by atoms with Crippen molar-refractivity contribution in [2.75, 3.05) is 4.90 Å². The van der Waals surface area contributed by atoms with Gasteiger partial charge in [0.15, 0.2) is 0 Å². The highest BCUT2D eigenvalue weighted by Gasteiger charge is 2.47. The number of rotatable bonds is 7. The van der Waals surface area contributed by atoms with Crippen LogP contribution in [0.1, 0.15) is 22.3 Å². The van der Waals surface area contributed by atoms with Crippen molar-refractivity contribution in [1.82, 2.24) is 4.57 Å². The Balaban J connectivity index is 1.03. The molecule has 3 nitrogen and oxygen atoms in total. The molecule has 0 amide bonds. The van der Waals surface area contributed by atoms with E-state index < -0.39 is 5.41 Å². The second-order valence-corrected chi connectivity index (χ2v) is 16.8. The Kier molecular flexibility index (Phi) is 8.13. The van der Waals surface area contributed by atoms with E-state index in [1.165, 1.54) is 55.2 Å². The third-order valence-electron chi connectivity index (χ3n) is 13.5. The molecule has 64 heavy (non-hydrogen) atoms. The minimum atomic E-state index is -0.522. The van der Waals surface area contributed by atoms with Gasteiger partial charge in [0.25, 0.3) is 0 Å². The van der Waals surface area contributed by atoms with Crippen LogP contribution in [0.15, 0.2) is 247 Å². The average Bonchev–Trinajstić information content (AvgIpc) is 4.02. The number of fused-ring (bicyclic) bond motifs is 9. The van der Waals surface area contributed by atoms with Crippen molar-refractivity contribution in [2.45, 2.75) is 5.41 Å². The van der Waals surface area contributed by atoms with E-state index in [2.05, 4.69) is 240 Å². The number of benzene rings is 10. The first-order valence-corrected chi connectivity index (χ1v) is 22.0. The maximum Gasteiger partial charge on any atom is 0.143 e. The minimum absolute atomic E-state index is 0.522. The Morgan fingerprint density at radius 2 is 0.891 bits per heavy atom. The van der Waals surface area contributed by atoms with Crippen LogP contribution in [0.25, 0.3) is 71.7 Å². The van der Waals surface area contributed by atoms with Gasteiger partial charge in [-0.1, -0.05) is 182 Å². The molecular weight excluding hydrogens is 777 g/mol. The molecule has 0 bridgehead atoms. The van der Waals surface area contributed by atoms with Crippen LogP contribution >= 0.6 is 0 Å². The largest absolute Gasteiger partial charge is 0.455 e. The van der Waals surface area contributed by atoms with Gasteiger partial charge in [-0.2, -0.15) is 0 Å². The van der Waals surface area contributed by atoms with Gasteiger partial charge in [-0.3, -0.25) is 0 Å². The van der Waals surface area contributed by atoms with Crippen molar-refractivity contribution in [1.29, 1.82) is 0 Å². The molecule has 0 fully saturated rings. The third kappa shape index (κ3) is 5.28. The van der Waals surface area contributed by atoms with Crippen LogP contribution in [0.3, 0.4) is 0 Å². The normalized spacial score (nSPS) is 12.8. The number of nitrogens with zero attached hydrogens (tertiary/aromatic N) is 2. The summed E-state index contributed by atoms with van der Waals surface area (Å²) in [5.41, 5.74) is 17.7. The van der Waals surface area contributed by atoms with Crippen LogP contribution in [0.2, 0.25) is 0 Å². The molecule has 0 atom stereocenters. The van der Waals surface area contributed by atoms with Crippen molar-refractivity contribution in [3.8, 4) is 27.9 Å². The summed E-state index contributed by atoms with van der Waals surface area (Å²) in [4.78, 5) is 2.45. The van der Waals surface area contributed by atoms with Crippen LogP contribution in [0.5, 0.6) is 0 Å². The van der Waals surface area contributed by atoms with Gasteiger partial charge < -0.3 is 13.9 Å². The number of aromatic nitrogens is 1. The lowest BCUT2D eigenvalue weighted by molar-refractivity contribution is 0.670. The van der Waals surface area contributed by atoms with Crippen molar-refractivity contribution >= 4 is 60.8 Å². The highest BCUT2D eigenvalue weighted by Crippen LogP contribution is 2.59. The van der Waals surface area contributed by atoms with Crippen LogP contribution in [-0.2, 0) is 5.41 Å². The van der Waals surface area contributed by atoms with Crippen molar-refractivity contribution in [2.24, 2.45) is 0 Å². The first-order valence-electron chi connectivity index (χ1n) is 22.0. The first kappa shape index (κ1) is 36.3. The smallest absolute Gasteiger partial charge is 0.143 e. The molecule has 3 heteroatoms. The summed E-state index contributed by atoms with van der Waals surface area (Å²) >= 11 is 0. The van der Waals surface area contributed by atoms with Crippen molar-refractivity contribution in [3.63, 3.8) is 0 Å². The van der Waals surface area contributed by atoms with E-state index in [0.29, 0.717) is 0 Å². The molecule has 0 aliphatic heterocycles. The summed E-state index contributed by atoms with van der Waals surface area (Å²) < 4.78 is 8.90. The van der Waals surface area contributed by atoms with E-state index in [4.69, 9.17) is 4.42 Å². The van der Waals surface area contributed by atoms with Gasteiger partial charge in [-0.15, -0.1) is 0 Å². The van der Waals surface area contributed by atoms with E-state index in [-0.39, 0.29) is 0 Å². The molecule has 2 aromatic heterocycles. The molecule has 12 aromatic rings. The standard InChI is InChI=1S/C61H40N2O/c1-3-17-42(18-4-1)61(43-19-5-2-6-20-43)53-27-11-7-24-52(53)59-54(61)28-16-31-57(59)62(44-35-33-41(34-36-44)47-25-15-26-51-50-23-10-14-32-58(50)64-60(47)51)45-37-39-46(40-38-45)63-55-29-12-8-21-48(55)49-22-9-13-30-56(49)63/h1-40H. The predicted molar refractivity (Wildman–Crippen MR) is 265 cm³/mol. The van der Waals surface area contributed by atoms with Gasteiger partial charge in [-0.25, -0.2) is 0 Å². The molecule has 1 aliphatic carbocycles. The SMILES string of the molecule is c1ccc(C2(c3ccccc3)c3ccccc3-c3c(N(c4ccc(-c5cccc6c5oc5ccccc56)cc4)c4ccc(-n5c6ccccc6c6ccccc65)cc4)cccc32)cc1. The summed E-state index contributed by atoms with van der Waals surface area (Å²) in [6.45, 7) is 0. The predicted octanol–water partition coefficient (Wildman–Crippen LogP) is 16.2. The first-order chi connectivity index (χ1) is 31.8. The van der Waals surface area contributed by atoms with Crippen LogP contribution in [-0.4, -0.2) is 4.57 Å². The quantitative estimate of drug-likeness (QED) is 0.160. The molecular formula is C61H40N2O. The van der Waals surface area contributed by atoms with E-state index in [1.807, 2.05) is 12.1 Å². The molecule has 0 spiro atoms. The molecule has 300 valence electrons. The van der Waals surface area contributed by atoms with E-state index in [0.717, 1.165) is 55.8 Å². The second kappa shape index (κ2) is 14.3. The lowest BCUT2D eigenvalue weighted by Crippen LogP contribution is -2.28. The van der Waals surface area contributed by atoms with Crippen LogP contribution < -0.4 is 4.90 Å². The molecule has 13 rings (SSSR count). The molecule has 1 aliphatic rings.